The fraction of sp³-hybridized carbons (Fsp3) is 0.342. The van der Waals surface area contributed by atoms with E-state index in [0.717, 1.165) is 141 Å². The number of amides is 4. The molecule has 3 aliphatic carbocycles. The number of aromatic amines is 3. The molecule has 29 nitrogen and oxygen atoms in total. The SMILES string of the molecule is C=CC(=O)N1CCCC(n2nc(-c3ccc(-c4nc5ccccc5o4)cc3)c3c(N)n[nH]c(=O)c32)C1.C=CC(=O)N1CCCC(n2nc(-c3ccc(C(=O)N4CCCC4)cc3)c3c(N)n[nH]c(=O)c32)C1.C=CC(=O)NC1CCC(n2nc(-c3ccc(OC4CC5CC5C4)cc3)c3c(N)n[nH]c(=O)c32)CC1. The van der Waals surface area contributed by atoms with Gasteiger partial charge in [-0.15, -0.1) is 0 Å². The van der Waals surface area contributed by atoms with Crippen LogP contribution in [0.4, 0.5) is 17.5 Å². The number of benzene rings is 4. The van der Waals surface area contributed by atoms with Gasteiger partial charge in [0.1, 0.15) is 44.9 Å². The summed E-state index contributed by atoms with van der Waals surface area (Å²) in [6, 6.07) is 30.0. The number of rotatable bonds is 14. The highest BCUT2D eigenvalue weighted by Crippen LogP contribution is 2.53. The summed E-state index contributed by atoms with van der Waals surface area (Å²) in [6.45, 7) is 14.4. The molecule has 3 saturated heterocycles. The summed E-state index contributed by atoms with van der Waals surface area (Å²) < 4.78 is 17.2. The molecule has 4 amide bonds. The monoisotopic (exact) mass is 1420 g/mol. The molecular formula is C76H80N20O9. The third kappa shape index (κ3) is 13.6. The number of para-hydroxylation sites is 2. The minimum atomic E-state index is -0.393. The van der Waals surface area contributed by atoms with Crippen molar-refractivity contribution < 1.29 is 28.3 Å². The summed E-state index contributed by atoms with van der Waals surface area (Å²) in [5.41, 5.74) is 25.7. The fourth-order valence-electron chi connectivity index (χ4n) is 15.7. The Balaban J connectivity index is 0.000000127. The third-order valence-corrected chi connectivity index (χ3v) is 21.1. The van der Waals surface area contributed by atoms with Gasteiger partial charge in [0.05, 0.1) is 40.4 Å². The maximum absolute atomic E-state index is 12.9. The number of aromatic nitrogens is 13. The Morgan fingerprint density at radius 1 is 0.514 bits per heavy atom. The van der Waals surface area contributed by atoms with Crippen LogP contribution < -0.4 is 43.9 Å². The van der Waals surface area contributed by atoms with Crippen molar-refractivity contribution in [1.29, 1.82) is 0 Å². The average molecular weight is 1420 g/mol. The highest BCUT2D eigenvalue weighted by Gasteiger charge is 2.47. The molecule has 0 radical (unpaired) electrons. The van der Waals surface area contributed by atoms with Gasteiger partial charge in [0.2, 0.25) is 23.6 Å². The zero-order valence-corrected chi connectivity index (χ0v) is 57.8. The topological polar surface area (TPSA) is 394 Å². The maximum Gasteiger partial charge on any atom is 0.290 e. The molecule has 10 heterocycles. The summed E-state index contributed by atoms with van der Waals surface area (Å²) in [5.74, 6) is 3.30. The largest absolute Gasteiger partial charge is 0.490 e. The van der Waals surface area contributed by atoms with Crippen molar-refractivity contribution in [2.45, 2.75) is 114 Å². The smallest absolute Gasteiger partial charge is 0.290 e. The van der Waals surface area contributed by atoms with Gasteiger partial charge >= 0.3 is 0 Å². The number of likely N-dealkylation sites (tertiary alicyclic amines) is 3. The molecule has 7 aromatic heterocycles. The molecule has 6 aliphatic rings. The van der Waals surface area contributed by atoms with E-state index in [0.29, 0.717) is 93.5 Å². The lowest BCUT2D eigenvalue weighted by molar-refractivity contribution is -0.128. The van der Waals surface area contributed by atoms with E-state index in [9.17, 15) is 33.6 Å². The second kappa shape index (κ2) is 28.9. The molecule has 4 unspecified atom stereocenters. The zero-order chi connectivity index (χ0) is 72.7. The quantitative estimate of drug-likeness (QED) is 0.0500. The first-order chi connectivity index (χ1) is 51.0. The molecule has 10 N–H and O–H groups in total. The number of nitrogens with two attached hydrogens (primary N) is 3. The number of piperidine rings is 2. The molecule has 3 aliphatic heterocycles. The lowest BCUT2D eigenvalue weighted by Gasteiger charge is -2.32. The number of oxazole rings is 1. The van der Waals surface area contributed by atoms with Crippen LogP contribution in [0.15, 0.2) is 154 Å². The van der Waals surface area contributed by atoms with Crippen molar-refractivity contribution >= 4 is 84.9 Å². The van der Waals surface area contributed by atoms with Crippen molar-refractivity contribution in [3.05, 3.63) is 172 Å². The first kappa shape index (κ1) is 68.5. The Morgan fingerprint density at radius 3 is 1.44 bits per heavy atom. The Labute approximate surface area is 600 Å². The van der Waals surface area contributed by atoms with Gasteiger partial charge in [0.15, 0.2) is 23.0 Å². The van der Waals surface area contributed by atoms with Crippen molar-refractivity contribution in [2.24, 2.45) is 11.8 Å². The van der Waals surface area contributed by atoms with E-state index >= 15 is 0 Å². The van der Waals surface area contributed by atoms with Gasteiger partial charge in [0.25, 0.3) is 22.6 Å². The van der Waals surface area contributed by atoms with Crippen LogP contribution >= 0.6 is 0 Å². The van der Waals surface area contributed by atoms with Crippen LogP contribution in [0.5, 0.6) is 5.75 Å². The van der Waals surface area contributed by atoms with Gasteiger partial charge in [-0.05, 0) is 174 Å². The van der Waals surface area contributed by atoms with Gasteiger partial charge in [-0.1, -0.05) is 56.1 Å². The zero-order valence-electron chi connectivity index (χ0n) is 57.8. The van der Waals surface area contributed by atoms with E-state index in [1.54, 1.807) is 31.3 Å². The van der Waals surface area contributed by atoms with Crippen LogP contribution in [0.1, 0.15) is 112 Å². The van der Waals surface area contributed by atoms with E-state index in [1.165, 1.54) is 24.6 Å². The first-order valence-corrected chi connectivity index (χ1v) is 35.7. The second-order valence-corrected chi connectivity index (χ2v) is 27.8. The minimum absolute atomic E-state index is 0.0197. The molecule has 29 heteroatoms. The van der Waals surface area contributed by atoms with Crippen molar-refractivity contribution in [2.75, 3.05) is 56.5 Å². The molecule has 11 aromatic rings. The Bertz CT molecular complexity index is 5340. The van der Waals surface area contributed by atoms with Crippen LogP contribution in [0.3, 0.4) is 0 Å². The van der Waals surface area contributed by atoms with Crippen LogP contribution in [0.25, 0.3) is 89.0 Å². The fourth-order valence-corrected chi connectivity index (χ4v) is 15.7. The van der Waals surface area contributed by atoms with E-state index in [1.807, 2.05) is 94.5 Å². The predicted octanol–water partition coefficient (Wildman–Crippen LogP) is 8.81. The second-order valence-electron chi connectivity index (χ2n) is 27.8. The molecule has 17 rings (SSSR count). The average Bonchev–Trinajstić information content (AvgIpc) is 1.52. The molecule has 105 heavy (non-hydrogen) atoms. The standard InChI is InChI=1S/C26H23N7O3.C26H30N6O3.C24H27N7O3/c1-2-20(34)32-13-5-6-17(14-32)33-23-21(24(27)29-30-25(23)35)22(31-33)15-9-11-16(12-10-15)26-28-18-7-3-4-8-19(18)36-26;1-2-21(33)28-17-5-7-18(8-6-17)32-24-22(25(27)29-30-26(24)34)23(31-32)14-3-9-19(10-4-14)35-20-12-15-11-16(15)13-20;1-2-18(32)30-13-5-6-17(14-30)31-21-19(22(25)26-27-23(21)33)20(28-31)15-7-9-16(10-8-15)24(34)29-11-3-4-12-29/h2-4,7-12,17H,1,5-6,13-14H2,(H2,27,29)(H,30,35);2-4,9-10,15-18,20H,1,5-8,11-13H2,(H2,27,29)(H,28,33)(H,30,34);2,7-10,17H,1,3-6,11-14H2,(H2,25,26)(H,27,33). The summed E-state index contributed by atoms with van der Waals surface area (Å²) in [6.07, 6.45) is 16.3. The highest BCUT2D eigenvalue weighted by atomic mass is 16.5. The lowest BCUT2D eigenvalue weighted by atomic mass is 9.91. The minimum Gasteiger partial charge on any atom is -0.490 e. The maximum atomic E-state index is 12.9. The van der Waals surface area contributed by atoms with Gasteiger partial charge in [-0.2, -0.15) is 30.6 Å². The van der Waals surface area contributed by atoms with Crippen LogP contribution in [-0.4, -0.2) is 155 Å². The number of nitrogens with zero attached hydrogens (tertiary/aromatic N) is 13. The number of carbonyl (C=O) groups is 4. The molecular weight excluding hydrogens is 1340 g/mol. The number of hydrogen-bond donors (Lipinski definition) is 7. The summed E-state index contributed by atoms with van der Waals surface area (Å²) >= 11 is 0. The predicted molar refractivity (Wildman–Crippen MR) is 397 cm³/mol. The Morgan fingerprint density at radius 2 is 0.962 bits per heavy atom. The molecule has 4 aromatic carbocycles. The number of nitrogen functional groups attached to an aromatic ring is 3. The number of H-pyrrole nitrogens is 3. The van der Waals surface area contributed by atoms with Gasteiger partial charge in [-0.25, -0.2) is 20.3 Å². The Hall–Kier alpha value is -12.3. The number of hydrogen-bond acceptors (Lipinski definition) is 19. The van der Waals surface area contributed by atoms with Crippen molar-refractivity contribution in [3.63, 3.8) is 0 Å². The molecule has 0 spiro atoms. The number of fused-ring (bicyclic) bond motifs is 5. The van der Waals surface area contributed by atoms with Gasteiger partial charge in [0, 0.05) is 73.1 Å². The van der Waals surface area contributed by atoms with Crippen LogP contribution in [0.2, 0.25) is 0 Å². The van der Waals surface area contributed by atoms with Gasteiger partial charge in [-0.3, -0.25) is 47.6 Å². The van der Waals surface area contributed by atoms with Gasteiger partial charge < -0.3 is 46.4 Å². The molecule has 0 bridgehead atoms. The summed E-state index contributed by atoms with van der Waals surface area (Å²) in [4.78, 5) is 97.2. The Kier molecular flexibility index (Phi) is 18.8. The normalized spacial score (nSPS) is 20.6. The number of nitrogens with one attached hydrogen (secondary N) is 4. The lowest BCUT2D eigenvalue weighted by Crippen LogP contribution is -2.40. The third-order valence-electron chi connectivity index (χ3n) is 21.1. The van der Waals surface area contributed by atoms with E-state index < -0.39 is 5.56 Å². The molecule has 4 atom stereocenters. The molecule has 538 valence electrons. The molecule has 3 saturated carbocycles. The van der Waals surface area contributed by atoms with E-state index in [2.05, 4.69) is 60.6 Å². The number of carbonyl (C=O) groups excluding carboxylic acids is 4. The van der Waals surface area contributed by atoms with Crippen LogP contribution in [0, 0.1) is 11.8 Å². The van der Waals surface area contributed by atoms with Crippen LogP contribution in [-0.2, 0) is 14.4 Å². The summed E-state index contributed by atoms with van der Waals surface area (Å²) in [7, 11) is 0. The number of ether oxygens (including phenoxy) is 1. The van der Waals surface area contributed by atoms with E-state index in [-0.39, 0.29) is 76.4 Å². The first-order valence-electron chi connectivity index (χ1n) is 35.7. The van der Waals surface area contributed by atoms with E-state index in [4.69, 9.17) is 41.7 Å². The summed E-state index contributed by atoms with van der Waals surface area (Å²) in [5, 5.41) is 38.4. The molecule has 6 fully saturated rings. The highest BCUT2D eigenvalue weighted by molar-refractivity contribution is 6.03. The number of anilines is 3. The van der Waals surface area contributed by atoms with Crippen molar-refractivity contribution in [3.8, 4) is 51.0 Å². The van der Waals surface area contributed by atoms with Crippen molar-refractivity contribution in [1.82, 2.24) is 84.9 Å².